The first-order valence-electron chi connectivity index (χ1n) is 6.33. The molecule has 0 aliphatic heterocycles. The Morgan fingerprint density at radius 3 is 2.43 bits per heavy atom. The van der Waals surface area contributed by atoms with E-state index in [9.17, 15) is 13.2 Å². The van der Waals surface area contributed by atoms with E-state index in [1.165, 1.54) is 0 Å². The van der Waals surface area contributed by atoms with Crippen molar-refractivity contribution in [2.45, 2.75) is 18.2 Å². The van der Waals surface area contributed by atoms with Gasteiger partial charge >= 0.3 is 0 Å². The molecule has 2 rings (SSSR count). The summed E-state index contributed by atoms with van der Waals surface area (Å²) >= 11 is 0. The van der Waals surface area contributed by atoms with Crippen molar-refractivity contribution in [3.05, 3.63) is 59.7 Å². The van der Waals surface area contributed by atoms with Gasteiger partial charge in [0, 0.05) is 5.69 Å². The van der Waals surface area contributed by atoms with Crippen molar-refractivity contribution >= 4 is 21.6 Å². The molecular weight excluding hydrogens is 288 g/mol. The molecule has 0 spiro atoms. The maximum Gasteiger partial charge on any atom is 0.261 e. The van der Waals surface area contributed by atoms with Crippen LogP contribution in [-0.4, -0.2) is 14.3 Å². The standard InChI is InChI=1S/C15H16N2O3S/c1-11-5-7-14(8-6-11)21(19,20)17-13-4-2-3-12(9-13)10-15(16)18/h2-9,17H,10H2,1H3,(H2,16,18). The number of hydrogen-bond acceptors (Lipinski definition) is 3. The highest BCUT2D eigenvalue weighted by Crippen LogP contribution is 2.17. The van der Waals surface area contributed by atoms with E-state index in [1.807, 2.05) is 6.92 Å². The smallest absolute Gasteiger partial charge is 0.261 e. The van der Waals surface area contributed by atoms with Gasteiger partial charge in [-0.3, -0.25) is 9.52 Å². The molecule has 2 aromatic rings. The van der Waals surface area contributed by atoms with E-state index < -0.39 is 15.9 Å². The first-order valence-corrected chi connectivity index (χ1v) is 7.82. The summed E-state index contributed by atoms with van der Waals surface area (Å²) in [4.78, 5) is 11.1. The summed E-state index contributed by atoms with van der Waals surface area (Å²) in [7, 11) is -3.64. The minimum absolute atomic E-state index is 0.0695. The van der Waals surface area contributed by atoms with Crippen LogP contribution in [0.5, 0.6) is 0 Å². The fourth-order valence-corrected chi connectivity index (χ4v) is 2.93. The maximum atomic E-state index is 12.2. The highest BCUT2D eigenvalue weighted by Gasteiger charge is 2.14. The molecule has 0 atom stereocenters. The molecule has 110 valence electrons. The minimum Gasteiger partial charge on any atom is -0.369 e. The van der Waals surface area contributed by atoms with Gasteiger partial charge in [-0.15, -0.1) is 0 Å². The van der Waals surface area contributed by atoms with Crippen molar-refractivity contribution in [2.75, 3.05) is 4.72 Å². The Labute approximate surface area is 123 Å². The first kappa shape index (κ1) is 15.1. The Morgan fingerprint density at radius 1 is 1.14 bits per heavy atom. The molecule has 0 aromatic heterocycles. The van der Waals surface area contributed by atoms with Crippen molar-refractivity contribution in [1.29, 1.82) is 0 Å². The summed E-state index contributed by atoms with van der Waals surface area (Å²) in [5.74, 6) is -0.464. The summed E-state index contributed by atoms with van der Waals surface area (Å²) in [5, 5.41) is 0. The van der Waals surface area contributed by atoms with Crippen molar-refractivity contribution < 1.29 is 13.2 Å². The molecule has 0 heterocycles. The van der Waals surface area contributed by atoms with Crippen LogP contribution in [0.4, 0.5) is 5.69 Å². The number of carbonyl (C=O) groups excluding carboxylic acids is 1. The van der Waals surface area contributed by atoms with Gasteiger partial charge < -0.3 is 5.73 Å². The van der Waals surface area contributed by atoms with Gasteiger partial charge in [0.1, 0.15) is 0 Å². The lowest BCUT2D eigenvalue weighted by atomic mass is 10.1. The SMILES string of the molecule is Cc1ccc(S(=O)(=O)Nc2cccc(CC(N)=O)c2)cc1. The Hall–Kier alpha value is -2.34. The summed E-state index contributed by atoms with van der Waals surface area (Å²) < 4.78 is 27.0. The third-order valence-corrected chi connectivity index (χ3v) is 4.29. The normalized spacial score (nSPS) is 11.1. The molecule has 21 heavy (non-hydrogen) atoms. The number of primary amides is 1. The lowest BCUT2D eigenvalue weighted by Crippen LogP contribution is -2.15. The fourth-order valence-electron chi connectivity index (χ4n) is 1.88. The average Bonchev–Trinajstić information content (AvgIpc) is 2.38. The van der Waals surface area contributed by atoms with Crippen LogP contribution in [0.1, 0.15) is 11.1 Å². The zero-order chi connectivity index (χ0) is 15.5. The van der Waals surface area contributed by atoms with Crippen LogP contribution in [-0.2, 0) is 21.2 Å². The van der Waals surface area contributed by atoms with E-state index in [2.05, 4.69) is 4.72 Å². The summed E-state index contributed by atoms with van der Waals surface area (Å²) in [6, 6.07) is 13.2. The molecule has 2 aromatic carbocycles. The lowest BCUT2D eigenvalue weighted by molar-refractivity contribution is -0.117. The summed E-state index contributed by atoms with van der Waals surface area (Å²) in [6.07, 6.45) is 0.0695. The largest absolute Gasteiger partial charge is 0.369 e. The predicted octanol–water partition coefficient (Wildman–Crippen LogP) is 1.82. The molecule has 0 saturated heterocycles. The van der Waals surface area contributed by atoms with Crippen molar-refractivity contribution in [2.24, 2.45) is 5.73 Å². The summed E-state index contributed by atoms with van der Waals surface area (Å²) in [6.45, 7) is 1.89. The average molecular weight is 304 g/mol. The fraction of sp³-hybridized carbons (Fsp3) is 0.133. The molecule has 0 fully saturated rings. The van der Waals surface area contributed by atoms with E-state index in [4.69, 9.17) is 5.73 Å². The van der Waals surface area contributed by atoms with Crippen LogP contribution in [0, 0.1) is 6.92 Å². The number of anilines is 1. The van der Waals surface area contributed by atoms with E-state index in [0.717, 1.165) is 5.56 Å². The highest BCUT2D eigenvalue weighted by atomic mass is 32.2. The maximum absolute atomic E-state index is 12.2. The van der Waals surface area contributed by atoms with Crippen molar-refractivity contribution in [1.82, 2.24) is 0 Å². The topological polar surface area (TPSA) is 89.3 Å². The zero-order valence-corrected chi connectivity index (χ0v) is 12.4. The summed E-state index contributed by atoms with van der Waals surface area (Å²) in [5.41, 5.74) is 7.17. The van der Waals surface area contributed by atoms with Crippen LogP contribution in [0.2, 0.25) is 0 Å². The van der Waals surface area contributed by atoms with Crippen LogP contribution in [0.3, 0.4) is 0 Å². The van der Waals surface area contributed by atoms with Crippen LogP contribution < -0.4 is 10.5 Å². The second-order valence-electron chi connectivity index (χ2n) is 4.76. The molecule has 0 bridgehead atoms. The van der Waals surface area contributed by atoms with E-state index >= 15 is 0 Å². The number of aryl methyl sites for hydroxylation is 1. The van der Waals surface area contributed by atoms with Crippen LogP contribution >= 0.6 is 0 Å². The second kappa shape index (κ2) is 5.97. The predicted molar refractivity (Wildman–Crippen MR) is 81.3 cm³/mol. The zero-order valence-electron chi connectivity index (χ0n) is 11.5. The third-order valence-electron chi connectivity index (χ3n) is 2.89. The Morgan fingerprint density at radius 2 is 1.81 bits per heavy atom. The molecule has 1 amide bonds. The monoisotopic (exact) mass is 304 g/mol. The first-order chi connectivity index (χ1) is 9.87. The van der Waals surface area contributed by atoms with E-state index in [-0.39, 0.29) is 11.3 Å². The highest BCUT2D eigenvalue weighted by molar-refractivity contribution is 7.92. The Bertz CT molecular complexity index is 753. The number of sulfonamides is 1. The molecule has 0 aliphatic carbocycles. The van der Waals surface area contributed by atoms with Gasteiger partial charge in [0.2, 0.25) is 5.91 Å². The minimum atomic E-state index is -3.64. The quantitative estimate of drug-likeness (QED) is 0.883. The van der Waals surface area contributed by atoms with Gasteiger partial charge in [0.15, 0.2) is 0 Å². The Kier molecular flexibility index (Phi) is 4.28. The van der Waals surface area contributed by atoms with E-state index in [0.29, 0.717) is 11.3 Å². The van der Waals surface area contributed by atoms with Crippen LogP contribution in [0.25, 0.3) is 0 Å². The molecule has 0 radical (unpaired) electrons. The number of rotatable bonds is 5. The van der Waals surface area contributed by atoms with Gasteiger partial charge in [-0.2, -0.15) is 0 Å². The number of carbonyl (C=O) groups is 1. The van der Waals surface area contributed by atoms with Gasteiger partial charge in [0.25, 0.3) is 10.0 Å². The van der Waals surface area contributed by atoms with Crippen molar-refractivity contribution in [3.63, 3.8) is 0 Å². The molecule has 0 unspecified atom stereocenters. The van der Waals surface area contributed by atoms with Gasteiger partial charge in [-0.05, 0) is 36.8 Å². The lowest BCUT2D eigenvalue weighted by Gasteiger charge is -2.09. The molecule has 5 nitrogen and oxygen atoms in total. The number of nitrogens with one attached hydrogen (secondary N) is 1. The van der Waals surface area contributed by atoms with Gasteiger partial charge in [-0.25, -0.2) is 8.42 Å². The van der Waals surface area contributed by atoms with Crippen molar-refractivity contribution in [3.8, 4) is 0 Å². The number of hydrogen-bond donors (Lipinski definition) is 2. The Balaban J connectivity index is 2.24. The van der Waals surface area contributed by atoms with E-state index in [1.54, 1.807) is 48.5 Å². The molecule has 6 heteroatoms. The number of nitrogens with two attached hydrogens (primary N) is 1. The number of benzene rings is 2. The molecular formula is C15H16N2O3S. The number of amides is 1. The van der Waals surface area contributed by atoms with Gasteiger partial charge in [-0.1, -0.05) is 29.8 Å². The molecule has 0 aliphatic rings. The van der Waals surface area contributed by atoms with Gasteiger partial charge in [0.05, 0.1) is 11.3 Å². The molecule has 0 saturated carbocycles. The third kappa shape index (κ3) is 4.06. The van der Waals surface area contributed by atoms with Crippen LogP contribution in [0.15, 0.2) is 53.4 Å². The second-order valence-corrected chi connectivity index (χ2v) is 6.44. The molecule has 3 N–H and O–H groups in total.